The number of hydrogen-bond donors (Lipinski definition) is 2. The van der Waals surface area contributed by atoms with Crippen LogP contribution in [0.25, 0.3) is 0 Å². The predicted octanol–water partition coefficient (Wildman–Crippen LogP) is 6.02. The molecular weight excluding hydrogens is 531 g/mol. The first-order valence-corrected chi connectivity index (χ1v) is 17.8. The van der Waals surface area contributed by atoms with E-state index in [1.165, 1.54) is 96.3 Å². The van der Waals surface area contributed by atoms with Crippen LogP contribution in [0, 0.1) is 0 Å². The third kappa shape index (κ3) is 22.5. The molecule has 240 valence electrons. The van der Waals surface area contributed by atoms with Gasteiger partial charge in [-0.3, -0.25) is 18.8 Å². The molecule has 1 rings (SSSR count). The number of methoxy groups -OCH3 is 1. The maximum Gasteiger partial charge on any atom is 0.472 e. The fourth-order valence-corrected chi connectivity index (χ4v) is 5.77. The van der Waals surface area contributed by atoms with E-state index in [2.05, 4.69) is 16.7 Å². The van der Waals surface area contributed by atoms with Crippen LogP contribution >= 0.6 is 7.82 Å². The predicted molar refractivity (Wildman–Crippen MR) is 163 cm³/mol. The van der Waals surface area contributed by atoms with Gasteiger partial charge in [0.2, 0.25) is 0 Å². The number of hydrogen-bond acceptors (Lipinski definition) is 8. The van der Waals surface area contributed by atoms with Gasteiger partial charge in [-0.25, -0.2) is 4.57 Å². The summed E-state index contributed by atoms with van der Waals surface area (Å²) in [5.41, 5.74) is 0. The highest BCUT2D eigenvalue weighted by Crippen LogP contribution is 2.43. The minimum absolute atomic E-state index is 0.0525. The van der Waals surface area contributed by atoms with E-state index in [0.717, 1.165) is 32.6 Å². The second-order valence-electron chi connectivity index (χ2n) is 11.2. The smallest absolute Gasteiger partial charge is 0.395 e. The van der Waals surface area contributed by atoms with E-state index in [1.54, 1.807) is 7.11 Å². The molecule has 0 radical (unpaired) electrons. The third-order valence-electron chi connectivity index (χ3n) is 7.75. The molecule has 1 aliphatic rings. The normalized spacial score (nSPS) is 17.3. The fourth-order valence-electron chi connectivity index (χ4n) is 5.03. The van der Waals surface area contributed by atoms with Crippen molar-refractivity contribution >= 4 is 7.82 Å². The van der Waals surface area contributed by atoms with Gasteiger partial charge in [0.15, 0.2) is 0 Å². The number of aliphatic hydroxyl groups excluding tert-OH is 1. The van der Waals surface area contributed by atoms with Crippen LogP contribution in [-0.2, 0) is 23.1 Å². The number of rotatable bonds is 29. The highest BCUT2D eigenvalue weighted by atomic mass is 31.2. The first-order valence-electron chi connectivity index (χ1n) is 16.3. The van der Waals surface area contributed by atoms with Crippen molar-refractivity contribution in [2.24, 2.45) is 0 Å². The van der Waals surface area contributed by atoms with Gasteiger partial charge in [0.25, 0.3) is 0 Å². The lowest BCUT2D eigenvalue weighted by atomic mass is 10.0. The average molecular weight is 595 g/mol. The molecule has 9 nitrogen and oxygen atoms in total. The zero-order chi connectivity index (χ0) is 29.2. The molecule has 0 aromatic rings. The lowest BCUT2D eigenvalue weighted by Crippen LogP contribution is -2.47. The summed E-state index contributed by atoms with van der Waals surface area (Å²) in [4.78, 5) is 14.4. The molecule has 0 aliphatic carbocycles. The number of phosphoric ester groups is 1. The van der Waals surface area contributed by atoms with Crippen LogP contribution in [0.5, 0.6) is 0 Å². The van der Waals surface area contributed by atoms with Crippen molar-refractivity contribution in [2.45, 2.75) is 116 Å². The van der Waals surface area contributed by atoms with Gasteiger partial charge < -0.3 is 19.5 Å². The summed E-state index contributed by atoms with van der Waals surface area (Å²) in [5, 5.41) is 9.02. The van der Waals surface area contributed by atoms with Crippen LogP contribution in [0.2, 0.25) is 0 Å². The highest BCUT2D eigenvalue weighted by molar-refractivity contribution is 7.47. The number of ether oxygens (including phenoxy) is 2. The molecule has 1 heterocycles. The average Bonchev–Trinajstić information content (AvgIpc) is 2.95. The molecule has 1 fully saturated rings. The third-order valence-corrected chi connectivity index (χ3v) is 8.73. The number of aliphatic hydroxyl groups is 1. The van der Waals surface area contributed by atoms with E-state index in [9.17, 15) is 9.46 Å². The van der Waals surface area contributed by atoms with Crippen LogP contribution in [0.1, 0.15) is 110 Å². The van der Waals surface area contributed by atoms with Gasteiger partial charge in [0.05, 0.1) is 26.4 Å². The van der Waals surface area contributed by atoms with Crippen molar-refractivity contribution in [1.29, 1.82) is 0 Å². The molecule has 2 N–H and O–H groups in total. The molecule has 0 bridgehead atoms. The zero-order valence-corrected chi connectivity index (χ0v) is 26.8. The van der Waals surface area contributed by atoms with E-state index < -0.39 is 13.9 Å². The largest absolute Gasteiger partial charge is 0.472 e. The van der Waals surface area contributed by atoms with Crippen LogP contribution < -0.4 is 0 Å². The Morgan fingerprint density at radius 1 is 0.675 bits per heavy atom. The second-order valence-corrected chi connectivity index (χ2v) is 12.7. The lowest BCUT2D eigenvalue weighted by molar-refractivity contribution is -0.0225. The molecule has 0 spiro atoms. The van der Waals surface area contributed by atoms with E-state index in [0.29, 0.717) is 26.3 Å². The van der Waals surface area contributed by atoms with Crippen LogP contribution in [-0.4, -0.2) is 105 Å². The van der Waals surface area contributed by atoms with Gasteiger partial charge in [-0.1, -0.05) is 103 Å². The van der Waals surface area contributed by atoms with Crippen molar-refractivity contribution in [3.8, 4) is 0 Å². The van der Waals surface area contributed by atoms with E-state index >= 15 is 0 Å². The highest BCUT2D eigenvalue weighted by Gasteiger charge is 2.24. The number of β-amino-alcohol motifs (C(OH)–C–C–N with tert-alkyl or cyclic N) is 1. The van der Waals surface area contributed by atoms with Gasteiger partial charge in [0, 0.05) is 53.0 Å². The molecule has 0 saturated carbocycles. The molecule has 0 aromatic carbocycles. The number of piperazine rings is 1. The summed E-state index contributed by atoms with van der Waals surface area (Å²) in [7, 11) is -2.59. The Labute approximate surface area is 245 Å². The number of phosphoric acid groups is 1. The van der Waals surface area contributed by atoms with Gasteiger partial charge in [-0.15, -0.1) is 0 Å². The van der Waals surface area contributed by atoms with E-state index in [1.807, 2.05) is 0 Å². The standard InChI is InChI=1S/C30H63N2O7P/c1-3-4-5-6-7-8-9-10-11-12-13-14-15-16-17-18-26-37-28-30(36-2)29-39-40(34,35)38-27-24-32-21-19-31(20-22-32)23-25-33/h30,33H,3-29H2,1-2H3,(H,34,35). The minimum Gasteiger partial charge on any atom is -0.395 e. The molecule has 2 unspecified atom stereocenters. The maximum atomic E-state index is 12.2. The molecule has 1 aliphatic heterocycles. The summed E-state index contributed by atoms with van der Waals surface area (Å²) in [6.07, 6.45) is 21.1. The molecule has 10 heteroatoms. The SMILES string of the molecule is CCCCCCCCCCCCCCCCCCOCC(COP(=O)(O)OCCN1CCN(CCO)CC1)OC. The Kier molecular flexibility index (Phi) is 25.2. The molecule has 2 atom stereocenters. The Balaban J connectivity index is 1.90. The molecule has 1 saturated heterocycles. The summed E-state index contributed by atoms with van der Waals surface area (Å²) < 4.78 is 33.5. The molecule has 0 aromatic heterocycles. The van der Waals surface area contributed by atoms with Crippen LogP contribution in [0.4, 0.5) is 0 Å². The molecule has 40 heavy (non-hydrogen) atoms. The van der Waals surface area contributed by atoms with Crippen molar-refractivity contribution in [3.63, 3.8) is 0 Å². The maximum absolute atomic E-state index is 12.2. The Morgan fingerprint density at radius 2 is 1.15 bits per heavy atom. The van der Waals surface area contributed by atoms with E-state index in [-0.39, 0.29) is 19.8 Å². The monoisotopic (exact) mass is 594 g/mol. The fraction of sp³-hybridized carbons (Fsp3) is 1.00. The Bertz CT molecular complexity index is 594. The van der Waals surface area contributed by atoms with Gasteiger partial charge in [0.1, 0.15) is 6.10 Å². The molecule has 0 amide bonds. The first kappa shape index (κ1) is 37.9. The van der Waals surface area contributed by atoms with Crippen LogP contribution in [0.3, 0.4) is 0 Å². The summed E-state index contributed by atoms with van der Waals surface area (Å²) >= 11 is 0. The number of nitrogens with zero attached hydrogens (tertiary/aromatic N) is 2. The quantitative estimate of drug-likeness (QED) is 0.0795. The topological polar surface area (TPSA) is 101 Å². The van der Waals surface area contributed by atoms with Crippen molar-refractivity contribution in [2.75, 3.05) is 79.4 Å². The van der Waals surface area contributed by atoms with Gasteiger partial charge in [-0.05, 0) is 6.42 Å². The lowest BCUT2D eigenvalue weighted by Gasteiger charge is -2.34. The molecular formula is C30H63N2O7P. The minimum atomic E-state index is -4.13. The van der Waals surface area contributed by atoms with Gasteiger partial charge >= 0.3 is 7.82 Å². The Morgan fingerprint density at radius 3 is 1.62 bits per heavy atom. The van der Waals surface area contributed by atoms with Crippen LogP contribution in [0.15, 0.2) is 0 Å². The van der Waals surface area contributed by atoms with Gasteiger partial charge in [-0.2, -0.15) is 0 Å². The Hall–Kier alpha value is -0.0900. The van der Waals surface area contributed by atoms with E-state index in [4.69, 9.17) is 23.6 Å². The van der Waals surface area contributed by atoms with Crippen molar-refractivity contribution < 1.29 is 33.1 Å². The second kappa shape index (κ2) is 26.5. The van der Waals surface area contributed by atoms with Crippen molar-refractivity contribution in [3.05, 3.63) is 0 Å². The zero-order valence-electron chi connectivity index (χ0n) is 25.9. The first-order chi connectivity index (χ1) is 19.5. The summed E-state index contributed by atoms with van der Waals surface area (Å²) in [6.45, 7) is 8.22. The van der Waals surface area contributed by atoms with Crippen molar-refractivity contribution in [1.82, 2.24) is 9.80 Å². The number of unbranched alkanes of at least 4 members (excludes halogenated alkanes) is 15. The summed E-state index contributed by atoms with van der Waals surface area (Å²) in [5.74, 6) is 0. The summed E-state index contributed by atoms with van der Waals surface area (Å²) in [6, 6.07) is 0.